The quantitative estimate of drug-likeness (QED) is 0.596. The molecule has 3 nitrogen and oxygen atoms in total. The zero-order chi connectivity index (χ0) is 17.8. The molecule has 1 heterocycles. The second kappa shape index (κ2) is 7.39. The first-order valence-electron chi connectivity index (χ1n) is 8.64. The molecule has 0 amide bonds. The zero-order valence-corrected chi connectivity index (χ0v) is 14.8. The summed E-state index contributed by atoms with van der Waals surface area (Å²) in [4.78, 5) is 15.4. The average molecular weight is 333 g/mol. The van der Waals surface area contributed by atoms with Gasteiger partial charge in [0.05, 0.1) is 18.4 Å². The molecule has 0 saturated carbocycles. The summed E-state index contributed by atoms with van der Waals surface area (Å²) in [5.41, 5.74) is 6.16. The predicted octanol–water partition coefficient (Wildman–Crippen LogP) is 5.61. The standard InChI is InChI=1S/C22H23NO2/c1-4-6-10-19-18-13-12-16(22(24)25-3)14-20(18)23-21(19)17-11-8-7-9-15(17)5-2/h5,7-9,11-14,23H,2,4,6,10H2,1,3H3. The van der Waals surface area contributed by atoms with E-state index >= 15 is 0 Å². The lowest BCUT2D eigenvalue weighted by Crippen LogP contribution is -2.00. The van der Waals surface area contributed by atoms with Crippen LogP contribution in [-0.2, 0) is 11.2 Å². The van der Waals surface area contributed by atoms with Crippen molar-refractivity contribution in [3.05, 3.63) is 65.7 Å². The molecular weight excluding hydrogens is 310 g/mol. The molecule has 2 aromatic carbocycles. The van der Waals surface area contributed by atoms with Gasteiger partial charge in [0.1, 0.15) is 0 Å². The van der Waals surface area contributed by atoms with Crippen LogP contribution in [0.4, 0.5) is 0 Å². The van der Waals surface area contributed by atoms with Gasteiger partial charge >= 0.3 is 5.97 Å². The fourth-order valence-electron chi connectivity index (χ4n) is 3.25. The van der Waals surface area contributed by atoms with Crippen molar-refractivity contribution >= 4 is 22.9 Å². The van der Waals surface area contributed by atoms with Crippen LogP contribution >= 0.6 is 0 Å². The lowest BCUT2D eigenvalue weighted by atomic mass is 9.97. The highest BCUT2D eigenvalue weighted by Crippen LogP contribution is 2.34. The Labute approximate surface area is 148 Å². The molecule has 0 atom stereocenters. The average Bonchev–Trinajstić information content (AvgIpc) is 3.03. The van der Waals surface area contributed by atoms with Crippen LogP contribution in [0.15, 0.2) is 49.0 Å². The lowest BCUT2D eigenvalue weighted by molar-refractivity contribution is 0.0601. The highest BCUT2D eigenvalue weighted by Gasteiger charge is 2.16. The topological polar surface area (TPSA) is 42.1 Å². The molecule has 0 saturated heterocycles. The predicted molar refractivity (Wildman–Crippen MR) is 104 cm³/mol. The van der Waals surface area contributed by atoms with Gasteiger partial charge in [0, 0.05) is 16.5 Å². The maximum Gasteiger partial charge on any atom is 0.337 e. The monoisotopic (exact) mass is 333 g/mol. The van der Waals surface area contributed by atoms with E-state index in [1.807, 2.05) is 36.4 Å². The van der Waals surface area contributed by atoms with Crippen molar-refractivity contribution in [2.45, 2.75) is 26.2 Å². The van der Waals surface area contributed by atoms with Crippen molar-refractivity contribution in [3.8, 4) is 11.3 Å². The van der Waals surface area contributed by atoms with Crippen molar-refractivity contribution in [2.75, 3.05) is 7.11 Å². The summed E-state index contributed by atoms with van der Waals surface area (Å²) in [6.45, 7) is 6.13. The molecule has 0 aliphatic rings. The lowest BCUT2D eigenvalue weighted by Gasteiger charge is -2.08. The number of aromatic nitrogens is 1. The van der Waals surface area contributed by atoms with Gasteiger partial charge in [-0.05, 0) is 36.1 Å². The Kier molecular flexibility index (Phi) is 5.03. The largest absolute Gasteiger partial charge is 0.465 e. The van der Waals surface area contributed by atoms with Gasteiger partial charge in [-0.15, -0.1) is 0 Å². The number of methoxy groups -OCH3 is 1. The van der Waals surface area contributed by atoms with E-state index in [2.05, 4.69) is 30.6 Å². The Balaban J connectivity index is 2.22. The van der Waals surface area contributed by atoms with Crippen molar-refractivity contribution in [3.63, 3.8) is 0 Å². The zero-order valence-electron chi connectivity index (χ0n) is 14.8. The molecule has 1 aromatic heterocycles. The number of aryl methyl sites for hydroxylation is 1. The minimum Gasteiger partial charge on any atom is -0.465 e. The number of carbonyl (C=O) groups excluding carboxylic acids is 1. The summed E-state index contributed by atoms with van der Waals surface area (Å²) in [6, 6.07) is 14.0. The SMILES string of the molecule is C=Cc1ccccc1-c1[nH]c2cc(C(=O)OC)ccc2c1CCCC. The third-order valence-corrected chi connectivity index (χ3v) is 4.56. The van der Waals surface area contributed by atoms with E-state index < -0.39 is 0 Å². The summed E-state index contributed by atoms with van der Waals surface area (Å²) < 4.78 is 4.84. The highest BCUT2D eigenvalue weighted by molar-refractivity contribution is 5.98. The van der Waals surface area contributed by atoms with E-state index in [1.165, 1.54) is 12.7 Å². The highest BCUT2D eigenvalue weighted by atomic mass is 16.5. The van der Waals surface area contributed by atoms with E-state index in [9.17, 15) is 4.79 Å². The summed E-state index contributed by atoms with van der Waals surface area (Å²) in [7, 11) is 1.40. The molecule has 0 fully saturated rings. The molecule has 3 aromatic rings. The number of hydrogen-bond acceptors (Lipinski definition) is 2. The van der Waals surface area contributed by atoms with Gasteiger partial charge in [0.15, 0.2) is 0 Å². The first kappa shape index (κ1) is 17.0. The van der Waals surface area contributed by atoms with Gasteiger partial charge in [0.2, 0.25) is 0 Å². The van der Waals surface area contributed by atoms with Crippen LogP contribution in [0.3, 0.4) is 0 Å². The van der Waals surface area contributed by atoms with Gasteiger partial charge in [-0.2, -0.15) is 0 Å². The van der Waals surface area contributed by atoms with Crippen LogP contribution in [-0.4, -0.2) is 18.1 Å². The molecule has 128 valence electrons. The van der Waals surface area contributed by atoms with E-state index in [0.29, 0.717) is 5.56 Å². The number of aromatic amines is 1. The van der Waals surface area contributed by atoms with E-state index in [0.717, 1.165) is 47.0 Å². The number of carbonyl (C=O) groups is 1. The van der Waals surface area contributed by atoms with Crippen LogP contribution in [0.1, 0.15) is 41.3 Å². The molecule has 0 unspecified atom stereocenters. The van der Waals surface area contributed by atoms with Crippen molar-refractivity contribution in [1.29, 1.82) is 0 Å². The van der Waals surface area contributed by atoms with Gasteiger partial charge in [0.25, 0.3) is 0 Å². The molecule has 0 spiro atoms. The summed E-state index contributed by atoms with van der Waals surface area (Å²) >= 11 is 0. The molecular formula is C22H23NO2. The number of benzene rings is 2. The molecule has 3 rings (SSSR count). The first-order chi connectivity index (χ1) is 12.2. The second-order valence-electron chi connectivity index (χ2n) is 6.13. The number of ether oxygens (including phenoxy) is 1. The maximum atomic E-state index is 11.8. The molecule has 0 bridgehead atoms. The fourth-order valence-corrected chi connectivity index (χ4v) is 3.25. The number of fused-ring (bicyclic) bond motifs is 1. The fraction of sp³-hybridized carbons (Fsp3) is 0.227. The summed E-state index contributed by atoms with van der Waals surface area (Å²) in [5, 5.41) is 1.16. The molecule has 0 radical (unpaired) electrons. The van der Waals surface area contributed by atoms with E-state index in [1.54, 1.807) is 0 Å². The Morgan fingerprint density at radius 3 is 2.76 bits per heavy atom. The third kappa shape index (κ3) is 3.22. The molecule has 3 heteroatoms. The van der Waals surface area contributed by atoms with Gasteiger partial charge in [-0.25, -0.2) is 4.79 Å². The Hall–Kier alpha value is -2.81. The second-order valence-corrected chi connectivity index (χ2v) is 6.13. The van der Waals surface area contributed by atoms with E-state index in [-0.39, 0.29) is 5.97 Å². The molecule has 0 aliphatic carbocycles. The summed E-state index contributed by atoms with van der Waals surface area (Å²) in [5.74, 6) is -0.320. The Bertz CT molecular complexity index is 921. The van der Waals surface area contributed by atoms with Crippen LogP contribution in [0.2, 0.25) is 0 Å². The smallest absolute Gasteiger partial charge is 0.337 e. The van der Waals surface area contributed by atoms with E-state index in [4.69, 9.17) is 4.74 Å². The number of unbranched alkanes of at least 4 members (excludes halogenated alkanes) is 1. The van der Waals surface area contributed by atoms with Gasteiger partial charge in [-0.3, -0.25) is 0 Å². The number of nitrogens with one attached hydrogen (secondary N) is 1. The van der Waals surface area contributed by atoms with Gasteiger partial charge < -0.3 is 9.72 Å². The van der Waals surface area contributed by atoms with Crippen molar-refractivity contribution < 1.29 is 9.53 Å². The van der Waals surface area contributed by atoms with Crippen molar-refractivity contribution in [1.82, 2.24) is 4.98 Å². The Morgan fingerprint density at radius 1 is 1.24 bits per heavy atom. The van der Waals surface area contributed by atoms with Crippen LogP contribution in [0, 0.1) is 0 Å². The number of H-pyrrole nitrogens is 1. The normalized spacial score (nSPS) is 10.8. The molecule has 1 N–H and O–H groups in total. The summed E-state index contributed by atoms with van der Waals surface area (Å²) in [6.07, 6.45) is 5.13. The number of rotatable bonds is 6. The van der Waals surface area contributed by atoms with Gasteiger partial charge in [-0.1, -0.05) is 56.3 Å². The minimum atomic E-state index is -0.320. The number of hydrogen-bond donors (Lipinski definition) is 1. The van der Waals surface area contributed by atoms with Crippen LogP contribution in [0.25, 0.3) is 28.2 Å². The van der Waals surface area contributed by atoms with Crippen molar-refractivity contribution in [2.24, 2.45) is 0 Å². The number of esters is 1. The van der Waals surface area contributed by atoms with Crippen LogP contribution < -0.4 is 0 Å². The third-order valence-electron chi connectivity index (χ3n) is 4.56. The minimum absolute atomic E-state index is 0.320. The maximum absolute atomic E-state index is 11.8. The molecule has 25 heavy (non-hydrogen) atoms. The molecule has 0 aliphatic heterocycles. The Morgan fingerprint density at radius 2 is 2.04 bits per heavy atom. The van der Waals surface area contributed by atoms with Crippen LogP contribution in [0.5, 0.6) is 0 Å². The first-order valence-corrected chi connectivity index (χ1v) is 8.64.